The quantitative estimate of drug-likeness (QED) is 0.198. The van der Waals surface area contributed by atoms with Crippen molar-refractivity contribution >= 4 is 14.0 Å². The molecule has 0 heterocycles. The van der Waals surface area contributed by atoms with Crippen molar-refractivity contribution in [3.63, 3.8) is 0 Å². The fraction of sp³-hybridized carbons (Fsp3) is 0.750. The standard InChI is InChI=1S/C20H38O3Si/c1-17(2)10-8-11-18(3)12-9-13-19(20(21)22-4)16-23-14-15-24(5,6)7/h10,12,19H,8-9,11,13-16H2,1-7H3/b18-12+. The summed E-state index contributed by atoms with van der Waals surface area (Å²) in [5.41, 5.74) is 2.75. The molecular weight excluding hydrogens is 316 g/mol. The molecule has 0 radical (unpaired) electrons. The lowest BCUT2D eigenvalue weighted by Crippen LogP contribution is -2.25. The van der Waals surface area contributed by atoms with Gasteiger partial charge in [-0.2, -0.15) is 0 Å². The second-order valence-corrected chi connectivity index (χ2v) is 13.7. The molecule has 140 valence electrons. The molecule has 24 heavy (non-hydrogen) atoms. The summed E-state index contributed by atoms with van der Waals surface area (Å²) in [7, 11) is 0.375. The number of hydrogen-bond acceptors (Lipinski definition) is 3. The van der Waals surface area contributed by atoms with Gasteiger partial charge in [-0.25, -0.2) is 0 Å². The zero-order valence-electron chi connectivity index (χ0n) is 16.9. The number of allylic oxidation sites excluding steroid dienone is 4. The van der Waals surface area contributed by atoms with Gasteiger partial charge >= 0.3 is 5.97 Å². The van der Waals surface area contributed by atoms with Crippen molar-refractivity contribution in [1.82, 2.24) is 0 Å². The van der Waals surface area contributed by atoms with Gasteiger partial charge in [0, 0.05) is 14.7 Å². The SMILES string of the molecule is COC(=O)C(CC/C=C(\C)CCC=C(C)C)COCC[Si](C)(C)C. The Hall–Kier alpha value is -0.873. The Balaban J connectivity index is 4.24. The van der Waals surface area contributed by atoms with Crippen molar-refractivity contribution in [1.29, 1.82) is 0 Å². The van der Waals surface area contributed by atoms with E-state index in [4.69, 9.17) is 9.47 Å². The molecule has 0 aromatic carbocycles. The number of carbonyl (C=O) groups excluding carboxylic acids is 1. The van der Waals surface area contributed by atoms with E-state index in [2.05, 4.69) is 52.6 Å². The zero-order valence-corrected chi connectivity index (χ0v) is 17.9. The molecule has 0 spiro atoms. The van der Waals surface area contributed by atoms with Crippen LogP contribution in [-0.2, 0) is 14.3 Å². The minimum Gasteiger partial charge on any atom is -0.469 e. The first-order valence-corrected chi connectivity index (χ1v) is 12.8. The van der Waals surface area contributed by atoms with Gasteiger partial charge in [-0.1, -0.05) is 42.9 Å². The first-order chi connectivity index (χ1) is 11.2. The molecule has 0 saturated carbocycles. The predicted octanol–water partition coefficient (Wildman–Crippen LogP) is 5.60. The van der Waals surface area contributed by atoms with Crippen LogP contribution < -0.4 is 0 Å². The minimum atomic E-state index is -1.08. The van der Waals surface area contributed by atoms with Crippen molar-refractivity contribution in [2.45, 2.75) is 72.1 Å². The van der Waals surface area contributed by atoms with Gasteiger partial charge < -0.3 is 9.47 Å². The maximum absolute atomic E-state index is 11.9. The van der Waals surface area contributed by atoms with E-state index < -0.39 is 8.07 Å². The summed E-state index contributed by atoms with van der Waals surface area (Å²) in [6.07, 6.45) is 8.38. The minimum absolute atomic E-state index is 0.154. The summed E-state index contributed by atoms with van der Waals surface area (Å²) in [5.74, 6) is -0.308. The van der Waals surface area contributed by atoms with E-state index >= 15 is 0 Å². The summed E-state index contributed by atoms with van der Waals surface area (Å²) in [6.45, 7) is 14.6. The maximum Gasteiger partial charge on any atom is 0.311 e. The fourth-order valence-corrected chi connectivity index (χ4v) is 3.02. The third kappa shape index (κ3) is 13.6. The molecule has 0 saturated heterocycles. The molecule has 0 aromatic rings. The lowest BCUT2D eigenvalue weighted by molar-refractivity contribution is -0.147. The van der Waals surface area contributed by atoms with Crippen molar-refractivity contribution in [2.75, 3.05) is 20.3 Å². The van der Waals surface area contributed by atoms with E-state index in [1.54, 1.807) is 0 Å². The fourth-order valence-electron chi connectivity index (χ4n) is 2.26. The molecule has 0 fully saturated rings. The Morgan fingerprint density at radius 1 is 1.08 bits per heavy atom. The van der Waals surface area contributed by atoms with E-state index in [-0.39, 0.29) is 11.9 Å². The van der Waals surface area contributed by atoms with Crippen LogP contribution in [0.1, 0.15) is 46.5 Å². The zero-order chi connectivity index (χ0) is 18.6. The average molecular weight is 355 g/mol. The highest BCUT2D eigenvalue weighted by Crippen LogP contribution is 2.15. The Kier molecular flexibility index (Phi) is 12.0. The number of rotatable bonds is 12. The van der Waals surface area contributed by atoms with Crippen molar-refractivity contribution in [3.8, 4) is 0 Å². The predicted molar refractivity (Wildman–Crippen MR) is 106 cm³/mol. The molecule has 1 unspecified atom stereocenters. The van der Waals surface area contributed by atoms with Crippen LogP contribution in [0.3, 0.4) is 0 Å². The maximum atomic E-state index is 11.9. The molecule has 0 rings (SSSR count). The molecule has 0 aliphatic carbocycles. The van der Waals surface area contributed by atoms with Crippen LogP contribution in [0.15, 0.2) is 23.3 Å². The van der Waals surface area contributed by atoms with E-state index in [1.165, 1.54) is 18.3 Å². The van der Waals surface area contributed by atoms with Gasteiger partial charge in [0.05, 0.1) is 19.6 Å². The third-order valence-corrected chi connectivity index (χ3v) is 5.65. The molecule has 0 aromatic heterocycles. The van der Waals surface area contributed by atoms with Crippen molar-refractivity contribution < 1.29 is 14.3 Å². The first-order valence-electron chi connectivity index (χ1n) is 9.10. The second kappa shape index (κ2) is 12.5. The van der Waals surface area contributed by atoms with Gasteiger partial charge in [-0.05, 0) is 52.5 Å². The van der Waals surface area contributed by atoms with E-state index in [9.17, 15) is 4.79 Å². The Morgan fingerprint density at radius 3 is 2.29 bits per heavy atom. The molecule has 3 nitrogen and oxygen atoms in total. The monoisotopic (exact) mass is 354 g/mol. The van der Waals surface area contributed by atoms with Crippen LogP contribution in [0.5, 0.6) is 0 Å². The van der Waals surface area contributed by atoms with Gasteiger partial charge in [-0.15, -0.1) is 0 Å². The Labute approximate surface area is 150 Å². The number of hydrogen-bond donors (Lipinski definition) is 0. The average Bonchev–Trinajstić information content (AvgIpc) is 2.47. The largest absolute Gasteiger partial charge is 0.469 e. The second-order valence-electron chi connectivity index (χ2n) is 8.05. The van der Waals surface area contributed by atoms with E-state index in [0.717, 1.165) is 38.3 Å². The molecule has 0 bridgehead atoms. The van der Waals surface area contributed by atoms with Crippen molar-refractivity contribution in [3.05, 3.63) is 23.3 Å². The highest BCUT2D eigenvalue weighted by atomic mass is 28.3. The number of carbonyl (C=O) groups is 1. The molecule has 4 heteroatoms. The highest BCUT2D eigenvalue weighted by molar-refractivity contribution is 6.76. The lowest BCUT2D eigenvalue weighted by Gasteiger charge is -2.18. The van der Waals surface area contributed by atoms with Crippen LogP contribution in [0.4, 0.5) is 0 Å². The summed E-state index contributed by atoms with van der Waals surface area (Å²) >= 11 is 0. The van der Waals surface area contributed by atoms with E-state index in [1.807, 2.05) is 0 Å². The first kappa shape index (κ1) is 23.1. The van der Waals surface area contributed by atoms with Crippen molar-refractivity contribution in [2.24, 2.45) is 5.92 Å². The summed E-state index contributed by atoms with van der Waals surface area (Å²) < 4.78 is 10.7. The van der Waals surface area contributed by atoms with Gasteiger partial charge in [-0.3, -0.25) is 4.79 Å². The molecule has 0 aliphatic heterocycles. The van der Waals surface area contributed by atoms with Crippen LogP contribution in [0.2, 0.25) is 25.7 Å². The van der Waals surface area contributed by atoms with Crippen LogP contribution >= 0.6 is 0 Å². The molecule has 0 aliphatic rings. The summed E-state index contributed by atoms with van der Waals surface area (Å²) in [6, 6.07) is 1.13. The normalized spacial score (nSPS) is 13.5. The molecule has 1 atom stereocenters. The summed E-state index contributed by atoms with van der Waals surface area (Å²) in [5, 5.41) is 0. The smallest absolute Gasteiger partial charge is 0.311 e. The van der Waals surface area contributed by atoms with Crippen LogP contribution in [0.25, 0.3) is 0 Å². The number of ether oxygens (including phenoxy) is 2. The Morgan fingerprint density at radius 2 is 1.75 bits per heavy atom. The van der Waals surface area contributed by atoms with Gasteiger partial charge in [0.2, 0.25) is 0 Å². The topological polar surface area (TPSA) is 35.5 Å². The molecular formula is C20H38O3Si. The Bertz CT molecular complexity index is 415. The number of esters is 1. The van der Waals surface area contributed by atoms with Gasteiger partial charge in [0.1, 0.15) is 0 Å². The van der Waals surface area contributed by atoms with Gasteiger partial charge in [0.15, 0.2) is 0 Å². The summed E-state index contributed by atoms with van der Waals surface area (Å²) in [4.78, 5) is 11.9. The highest BCUT2D eigenvalue weighted by Gasteiger charge is 2.19. The van der Waals surface area contributed by atoms with E-state index in [0.29, 0.717) is 6.61 Å². The van der Waals surface area contributed by atoms with Crippen LogP contribution in [-0.4, -0.2) is 34.4 Å². The van der Waals surface area contributed by atoms with Gasteiger partial charge in [0.25, 0.3) is 0 Å². The lowest BCUT2D eigenvalue weighted by atomic mass is 10.0. The van der Waals surface area contributed by atoms with Crippen LogP contribution in [0, 0.1) is 5.92 Å². The third-order valence-electron chi connectivity index (χ3n) is 3.95. The number of methoxy groups -OCH3 is 1. The molecule has 0 N–H and O–H groups in total. The molecule has 0 amide bonds.